The summed E-state index contributed by atoms with van der Waals surface area (Å²) in [6.45, 7) is 18.2. The molecule has 0 aliphatic heterocycles. The molecule has 206 valence electrons. The Bertz CT molecular complexity index is 1080. The number of aromatic nitrogens is 2. The van der Waals surface area contributed by atoms with E-state index in [0.29, 0.717) is 17.3 Å². The van der Waals surface area contributed by atoms with Gasteiger partial charge in [-0.05, 0) is 98.2 Å². The quantitative estimate of drug-likeness (QED) is 0.400. The summed E-state index contributed by atoms with van der Waals surface area (Å²) in [6.07, 6.45) is 15.7. The maximum Gasteiger partial charge on any atom is 0.228 e. The van der Waals surface area contributed by atoms with E-state index in [0.717, 1.165) is 61.2 Å². The van der Waals surface area contributed by atoms with Crippen LogP contribution in [-0.4, -0.2) is 26.2 Å². The molecule has 0 spiro atoms. The maximum atomic E-state index is 12.4. The lowest BCUT2D eigenvalue weighted by molar-refractivity contribution is -0.0517. The van der Waals surface area contributed by atoms with Crippen LogP contribution in [0.3, 0.4) is 0 Å². The van der Waals surface area contributed by atoms with Crippen LogP contribution in [0.2, 0.25) is 0 Å². The number of fused-ring (bicyclic) bond motifs is 6. The molecule has 4 nitrogen and oxygen atoms in total. The summed E-state index contributed by atoms with van der Waals surface area (Å²) < 4.78 is 1.81. The Hall–Kier alpha value is -1.42. The van der Waals surface area contributed by atoms with Crippen molar-refractivity contribution in [3.8, 4) is 0 Å². The lowest BCUT2D eigenvalue weighted by atomic mass is 9.44. The molecule has 0 amide bonds. The molecule has 4 aliphatic rings. The van der Waals surface area contributed by atoms with Crippen LogP contribution in [-0.2, 0) is 11.8 Å². The van der Waals surface area contributed by atoms with E-state index in [-0.39, 0.29) is 16.7 Å². The molecule has 2 saturated carbocycles. The molecule has 0 bridgehead atoms. The van der Waals surface area contributed by atoms with E-state index in [1.165, 1.54) is 32.1 Å². The van der Waals surface area contributed by atoms with Gasteiger partial charge < -0.3 is 5.11 Å². The Morgan fingerprint density at radius 3 is 2.51 bits per heavy atom. The largest absolute Gasteiger partial charge is 0.390 e. The molecule has 7 atom stereocenters. The fourth-order valence-electron chi connectivity index (χ4n) is 10.5. The second-order valence-corrected chi connectivity index (χ2v) is 14.6. The summed E-state index contributed by atoms with van der Waals surface area (Å²) in [4.78, 5) is 17.2. The van der Waals surface area contributed by atoms with Gasteiger partial charge in [-0.15, -0.1) is 0 Å². The molecule has 2 fully saturated rings. The fraction of sp³-hybridized carbons (Fsp3) is 0.818. The number of hydrogen-bond donors (Lipinski definition) is 1. The van der Waals surface area contributed by atoms with Crippen molar-refractivity contribution < 1.29 is 9.90 Å². The summed E-state index contributed by atoms with van der Waals surface area (Å²) in [6, 6.07) is 0. The highest BCUT2D eigenvalue weighted by molar-refractivity contribution is 5.78. The van der Waals surface area contributed by atoms with Crippen LogP contribution >= 0.6 is 0 Å². The van der Waals surface area contributed by atoms with Gasteiger partial charge in [-0.25, -0.2) is 4.98 Å². The number of aliphatic hydroxyl groups is 1. The zero-order valence-corrected chi connectivity index (χ0v) is 24.9. The Labute approximate surface area is 225 Å². The molecule has 0 unspecified atom stereocenters. The van der Waals surface area contributed by atoms with E-state index >= 15 is 0 Å². The van der Waals surface area contributed by atoms with Crippen LogP contribution in [0.15, 0.2) is 18.0 Å². The lowest BCUT2D eigenvalue weighted by Crippen LogP contribution is -2.54. The van der Waals surface area contributed by atoms with Crippen molar-refractivity contribution >= 4 is 5.91 Å². The number of rotatable bonds is 6. The van der Waals surface area contributed by atoms with Crippen molar-refractivity contribution in [2.45, 2.75) is 131 Å². The molecular weight excluding hydrogens is 456 g/mol. The maximum absolute atomic E-state index is 12.4. The van der Waals surface area contributed by atoms with Gasteiger partial charge in [0.25, 0.3) is 0 Å². The van der Waals surface area contributed by atoms with Gasteiger partial charge >= 0.3 is 0 Å². The molecule has 5 rings (SSSR count). The minimum atomic E-state index is -0.480. The van der Waals surface area contributed by atoms with E-state index in [1.807, 2.05) is 0 Å². The van der Waals surface area contributed by atoms with Crippen molar-refractivity contribution in [3.63, 3.8) is 0 Å². The number of carbonyl (C=O) groups is 1. The zero-order valence-electron chi connectivity index (χ0n) is 24.9. The van der Waals surface area contributed by atoms with E-state index < -0.39 is 5.60 Å². The van der Waals surface area contributed by atoms with Crippen molar-refractivity contribution in [2.75, 3.05) is 0 Å². The second kappa shape index (κ2) is 9.07. The average Bonchev–Trinajstić information content (AvgIpc) is 3.43. The Morgan fingerprint density at radius 2 is 1.86 bits per heavy atom. The summed E-state index contributed by atoms with van der Waals surface area (Å²) >= 11 is 0. The SMILES string of the molecule is CCC(O)(CC)CC[C@@H](C)[C@H]1CC[C@H]2[C@@H]3CC=C4C(C)(C)c5c(ncn5C(C)=O)C[C@]4(C)[C@H]3CC[C@]12C. The molecular formula is C33H52N2O2. The topological polar surface area (TPSA) is 55.1 Å². The summed E-state index contributed by atoms with van der Waals surface area (Å²) in [5.74, 6) is 3.75. The third-order valence-corrected chi connectivity index (χ3v) is 12.6. The highest BCUT2D eigenvalue weighted by atomic mass is 16.3. The van der Waals surface area contributed by atoms with Crippen LogP contribution in [0.5, 0.6) is 0 Å². The number of carbonyl (C=O) groups excluding carboxylic acids is 1. The van der Waals surface area contributed by atoms with Crippen LogP contribution in [0.1, 0.15) is 129 Å². The second-order valence-electron chi connectivity index (χ2n) is 14.6. The van der Waals surface area contributed by atoms with Crippen molar-refractivity contribution in [3.05, 3.63) is 29.4 Å². The van der Waals surface area contributed by atoms with Gasteiger partial charge in [0, 0.05) is 18.8 Å². The Kier molecular flexibility index (Phi) is 6.65. The van der Waals surface area contributed by atoms with Crippen molar-refractivity contribution in [2.24, 2.45) is 40.4 Å². The van der Waals surface area contributed by atoms with Gasteiger partial charge in [-0.2, -0.15) is 0 Å². The number of imidazole rings is 1. The standard InChI is InChI=1S/C33H52N2O2/c1-9-33(37,10-2)18-15-21(3)24-12-13-25-23-11-14-28-30(5,6)29-27(34-20-35(29)22(4)36)19-32(28,8)26(23)16-17-31(24,25)7/h14,20-21,23-26,37H,9-13,15-19H2,1-8H3/t21-,23+,24-,25+,26+,31-,32-/m1/s1. The fourth-order valence-corrected chi connectivity index (χ4v) is 10.5. The van der Waals surface area contributed by atoms with Crippen molar-refractivity contribution in [1.29, 1.82) is 0 Å². The monoisotopic (exact) mass is 508 g/mol. The molecule has 4 aliphatic carbocycles. The molecule has 0 aromatic carbocycles. The third kappa shape index (κ3) is 3.94. The predicted octanol–water partition coefficient (Wildman–Crippen LogP) is 7.74. The van der Waals surface area contributed by atoms with E-state index in [4.69, 9.17) is 4.98 Å². The smallest absolute Gasteiger partial charge is 0.228 e. The molecule has 1 heterocycles. The molecule has 37 heavy (non-hydrogen) atoms. The lowest BCUT2D eigenvalue weighted by Gasteiger charge is -2.60. The van der Waals surface area contributed by atoms with Crippen molar-refractivity contribution in [1.82, 2.24) is 9.55 Å². The first kappa shape index (κ1) is 27.2. The minimum absolute atomic E-state index is 0.0653. The van der Waals surface area contributed by atoms with Crippen LogP contribution in [0.25, 0.3) is 0 Å². The van der Waals surface area contributed by atoms with Gasteiger partial charge in [0.2, 0.25) is 5.91 Å². The summed E-state index contributed by atoms with van der Waals surface area (Å²) in [5, 5.41) is 10.9. The molecule has 4 heteroatoms. The van der Waals surface area contributed by atoms with Crippen LogP contribution in [0.4, 0.5) is 0 Å². The zero-order chi connectivity index (χ0) is 27.0. The number of hydrogen-bond acceptors (Lipinski definition) is 3. The highest BCUT2D eigenvalue weighted by Gasteiger charge is 2.61. The average molecular weight is 509 g/mol. The van der Waals surface area contributed by atoms with Gasteiger partial charge in [-0.1, -0.05) is 60.1 Å². The van der Waals surface area contributed by atoms with Gasteiger partial charge in [0.1, 0.15) is 6.33 Å². The van der Waals surface area contributed by atoms with Gasteiger partial charge in [0.05, 0.1) is 17.0 Å². The Morgan fingerprint density at radius 1 is 1.16 bits per heavy atom. The molecule has 0 radical (unpaired) electrons. The van der Waals surface area contributed by atoms with E-state index in [2.05, 4.69) is 54.5 Å². The normalized spacial score (nSPS) is 37.2. The molecule has 1 N–H and O–H groups in total. The number of allylic oxidation sites excluding steroid dienone is 2. The Balaban J connectivity index is 1.41. The number of nitrogens with zero attached hydrogens (tertiary/aromatic N) is 2. The highest BCUT2D eigenvalue weighted by Crippen LogP contribution is 2.68. The molecule has 1 aromatic heterocycles. The molecule has 0 saturated heterocycles. The summed E-state index contributed by atoms with van der Waals surface area (Å²) in [7, 11) is 0. The van der Waals surface area contributed by atoms with Crippen LogP contribution in [0, 0.1) is 40.4 Å². The summed E-state index contributed by atoms with van der Waals surface area (Å²) in [5.41, 5.74) is 3.72. The molecule has 1 aromatic rings. The van der Waals surface area contributed by atoms with Gasteiger partial charge in [0.15, 0.2) is 0 Å². The first-order valence-corrected chi connectivity index (χ1v) is 15.3. The third-order valence-electron chi connectivity index (χ3n) is 12.6. The van der Waals surface area contributed by atoms with E-state index in [1.54, 1.807) is 23.4 Å². The first-order valence-electron chi connectivity index (χ1n) is 15.3. The van der Waals surface area contributed by atoms with Crippen LogP contribution < -0.4 is 0 Å². The van der Waals surface area contributed by atoms with Gasteiger partial charge in [-0.3, -0.25) is 9.36 Å². The minimum Gasteiger partial charge on any atom is -0.390 e. The predicted molar refractivity (Wildman–Crippen MR) is 151 cm³/mol. The van der Waals surface area contributed by atoms with E-state index in [9.17, 15) is 9.90 Å². The first-order chi connectivity index (χ1) is 17.3.